The van der Waals surface area contributed by atoms with Crippen LogP contribution in [0.2, 0.25) is 0 Å². The normalized spacial score (nSPS) is 12.8. The summed E-state index contributed by atoms with van der Waals surface area (Å²) in [7, 11) is 0. The second kappa shape index (κ2) is 31.4. The molecule has 1 unspecified atom stereocenters. The van der Waals surface area contributed by atoms with Gasteiger partial charge in [-0.1, -0.05) is 107 Å². The number of hydrogen-bond acceptors (Lipinski definition) is 5. The van der Waals surface area contributed by atoms with Crippen molar-refractivity contribution >= 4 is 11.9 Å². The quantitative estimate of drug-likeness (QED) is 0.0586. The van der Waals surface area contributed by atoms with E-state index in [4.69, 9.17) is 9.47 Å². The summed E-state index contributed by atoms with van der Waals surface area (Å²) in [5, 5.41) is 9.48. The first-order chi connectivity index (χ1) is 19.6. The minimum Gasteiger partial charge on any atom is -0.462 e. The summed E-state index contributed by atoms with van der Waals surface area (Å²) >= 11 is 0. The SMILES string of the molecule is CCCCC=CCCCCCCCC(=O)OC(CO)COC(=O)CCCCC=CCC=CCC=CCCCCC. The first-order valence-corrected chi connectivity index (χ1v) is 16.2. The van der Waals surface area contributed by atoms with Gasteiger partial charge in [-0.15, -0.1) is 0 Å². The Bertz CT molecular complexity index is 692. The number of hydrogen-bond donors (Lipinski definition) is 1. The Hall–Kier alpha value is -2.14. The Morgan fingerprint density at radius 1 is 0.575 bits per heavy atom. The van der Waals surface area contributed by atoms with Gasteiger partial charge in [0.1, 0.15) is 6.61 Å². The van der Waals surface area contributed by atoms with Gasteiger partial charge >= 0.3 is 11.9 Å². The average Bonchev–Trinajstić information content (AvgIpc) is 2.96. The van der Waals surface area contributed by atoms with Crippen LogP contribution in [-0.4, -0.2) is 36.4 Å². The van der Waals surface area contributed by atoms with Crippen molar-refractivity contribution in [2.75, 3.05) is 13.2 Å². The van der Waals surface area contributed by atoms with E-state index in [-0.39, 0.29) is 25.2 Å². The Balaban J connectivity index is 3.70. The van der Waals surface area contributed by atoms with E-state index in [1.54, 1.807) is 0 Å². The van der Waals surface area contributed by atoms with Gasteiger partial charge in [-0.3, -0.25) is 9.59 Å². The van der Waals surface area contributed by atoms with Gasteiger partial charge in [-0.2, -0.15) is 0 Å². The summed E-state index contributed by atoms with van der Waals surface area (Å²) in [5.74, 6) is -0.654. The first kappa shape index (κ1) is 37.9. The van der Waals surface area contributed by atoms with Crippen molar-refractivity contribution in [3.8, 4) is 0 Å². The molecule has 0 aliphatic rings. The molecule has 0 aromatic carbocycles. The maximum Gasteiger partial charge on any atom is 0.306 e. The Morgan fingerprint density at radius 2 is 1.02 bits per heavy atom. The van der Waals surface area contributed by atoms with Crippen molar-refractivity contribution in [1.29, 1.82) is 0 Å². The van der Waals surface area contributed by atoms with Crippen LogP contribution in [0.25, 0.3) is 0 Å². The molecule has 5 nitrogen and oxygen atoms in total. The van der Waals surface area contributed by atoms with Gasteiger partial charge in [0.15, 0.2) is 6.10 Å². The fourth-order valence-corrected chi connectivity index (χ4v) is 4.07. The van der Waals surface area contributed by atoms with Crippen LogP contribution < -0.4 is 0 Å². The molecule has 1 atom stereocenters. The molecule has 0 aromatic rings. The predicted molar refractivity (Wildman–Crippen MR) is 168 cm³/mol. The van der Waals surface area contributed by atoms with E-state index >= 15 is 0 Å². The lowest BCUT2D eigenvalue weighted by Gasteiger charge is -2.15. The van der Waals surface area contributed by atoms with Crippen molar-refractivity contribution in [2.45, 2.75) is 148 Å². The number of unbranched alkanes of at least 4 members (excludes halogenated alkanes) is 12. The number of allylic oxidation sites excluding steroid dienone is 8. The van der Waals surface area contributed by atoms with Crippen molar-refractivity contribution in [3.63, 3.8) is 0 Å². The topological polar surface area (TPSA) is 72.8 Å². The van der Waals surface area contributed by atoms with Crippen molar-refractivity contribution in [2.24, 2.45) is 0 Å². The molecule has 0 saturated carbocycles. The smallest absolute Gasteiger partial charge is 0.306 e. The zero-order chi connectivity index (χ0) is 29.4. The number of esters is 2. The molecule has 1 N–H and O–H groups in total. The van der Waals surface area contributed by atoms with E-state index in [9.17, 15) is 14.7 Å². The molecule has 0 aliphatic carbocycles. The van der Waals surface area contributed by atoms with E-state index in [1.807, 2.05) is 0 Å². The lowest BCUT2D eigenvalue weighted by atomic mass is 10.1. The summed E-state index contributed by atoms with van der Waals surface area (Å²) in [5.41, 5.74) is 0. The predicted octanol–water partition coefficient (Wildman–Crippen LogP) is 9.50. The highest BCUT2D eigenvalue weighted by Gasteiger charge is 2.16. The fourth-order valence-electron chi connectivity index (χ4n) is 4.07. The van der Waals surface area contributed by atoms with E-state index < -0.39 is 6.10 Å². The zero-order valence-electron chi connectivity index (χ0n) is 25.8. The van der Waals surface area contributed by atoms with Crippen LogP contribution in [0.5, 0.6) is 0 Å². The molecule has 0 radical (unpaired) electrons. The van der Waals surface area contributed by atoms with Gasteiger partial charge in [0, 0.05) is 12.8 Å². The lowest BCUT2D eigenvalue weighted by Crippen LogP contribution is -2.28. The van der Waals surface area contributed by atoms with Crippen LogP contribution in [0.15, 0.2) is 48.6 Å². The number of aliphatic hydroxyl groups is 1. The molecule has 0 aliphatic heterocycles. The van der Waals surface area contributed by atoms with Gasteiger partial charge < -0.3 is 14.6 Å². The summed E-state index contributed by atoms with van der Waals surface area (Å²) < 4.78 is 10.5. The van der Waals surface area contributed by atoms with E-state index in [0.29, 0.717) is 12.8 Å². The van der Waals surface area contributed by atoms with Crippen molar-refractivity contribution < 1.29 is 24.2 Å². The van der Waals surface area contributed by atoms with Crippen molar-refractivity contribution in [3.05, 3.63) is 48.6 Å². The molecule has 0 heterocycles. The molecule has 0 saturated heterocycles. The first-order valence-electron chi connectivity index (χ1n) is 16.2. The monoisotopic (exact) mass is 560 g/mol. The molecule has 0 fully saturated rings. The van der Waals surface area contributed by atoms with Crippen LogP contribution in [0, 0.1) is 0 Å². The third kappa shape index (κ3) is 28.9. The van der Waals surface area contributed by atoms with Crippen molar-refractivity contribution in [1.82, 2.24) is 0 Å². The molecule has 0 rings (SSSR count). The number of ether oxygens (including phenoxy) is 2. The van der Waals surface area contributed by atoms with Crippen LogP contribution in [0.3, 0.4) is 0 Å². The van der Waals surface area contributed by atoms with Gasteiger partial charge in [-0.05, 0) is 70.6 Å². The molecule has 0 aromatic heterocycles. The third-order valence-electron chi connectivity index (χ3n) is 6.60. The number of carbonyl (C=O) groups is 2. The van der Waals surface area contributed by atoms with Gasteiger partial charge in [0.05, 0.1) is 6.61 Å². The summed E-state index contributed by atoms with van der Waals surface area (Å²) in [6, 6.07) is 0. The summed E-state index contributed by atoms with van der Waals surface area (Å²) in [4.78, 5) is 24.0. The van der Waals surface area contributed by atoms with Crippen LogP contribution in [0.1, 0.15) is 142 Å². The summed E-state index contributed by atoms with van der Waals surface area (Å²) in [6.07, 6.45) is 37.3. The van der Waals surface area contributed by atoms with E-state index in [1.165, 1.54) is 57.8 Å². The maximum absolute atomic E-state index is 12.0. The number of rotatable bonds is 28. The van der Waals surface area contributed by atoms with E-state index in [2.05, 4.69) is 62.5 Å². The molecule has 40 heavy (non-hydrogen) atoms. The van der Waals surface area contributed by atoms with Crippen LogP contribution in [-0.2, 0) is 19.1 Å². The lowest BCUT2D eigenvalue weighted by molar-refractivity contribution is -0.161. The van der Waals surface area contributed by atoms with Gasteiger partial charge in [-0.25, -0.2) is 0 Å². The van der Waals surface area contributed by atoms with Crippen LogP contribution >= 0.6 is 0 Å². The Kier molecular flexibility index (Phi) is 29.7. The Morgan fingerprint density at radius 3 is 1.65 bits per heavy atom. The molecule has 0 spiro atoms. The molecule has 230 valence electrons. The fraction of sp³-hybridized carbons (Fsp3) is 0.714. The molecular formula is C35H60O5. The highest BCUT2D eigenvalue weighted by molar-refractivity contribution is 5.70. The van der Waals surface area contributed by atoms with E-state index in [0.717, 1.165) is 57.8 Å². The highest BCUT2D eigenvalue weighted by Crippen LogP contribution is 2.10. The summed E-state index contributed by atoms with van der Waals surface area (Å²) in [6.45, 7) is 4.00. The molecular weight excluding hydrogens is 500 g/mol. The van der Waals surface area contributed by atoms with Gasteiger partial charge in [0.2, 0.25) is 0 Å². The second-order valence-corrected chi connectivity index (χ2v) is 10.5. The molecule has 5 heteroatoms. The average molecular weight is 561 g/mol. The minimum atomic E-state index is -0.788. The highest BCUT2D eigenvalue weighted by atomic mass is 16.6. The maximum atomic E-state index is 12.0. The van der Waals surface area contributed by atoms with Crippen LogP contribution in [0.4, 0.5) is 0 Å². The minimum absolute atomic E-state index is 0.0903. The number of carbonyl (C=O) groups excluding carboxylic acids is 2. The largest absolute Gasteiger partial charge is 0.462 e. The zero-order valence-corrected chi connectivity index (χ0v) is 25.8. The molecule has 0 bridgehead atoms. The molecule has 0 amide bonds. The third-order valence-corrected chi connectivity index (χ3v) is 6.60. The second-order valence-electron chi connectivity index (χ2n) is 10.5. The number of aliphatic hydroxyl groups excluding tert-OH is 1. The Labute approximate surface area is 246 Å². The standard InChI is InChI=1S/C35H60O5/c1-3-5-7-9-11-13-15-16-17-18-20-21-23-25-27-29-34(37)39-32-33(31-36)40-35(38)30-28-26-24-22-19-14-12-10-8-6-4-2/h10-13,16-17,20-21,33,36H,3-9,14-15,18-19,22-32H2,1-2H3. The van der Waals surface area contributed by atoms with Gasteiger partial charge in [0.25, 0.3) is 0 Å².